The van der Waals surface area contributed by atoms with Crippen LogP contribution in [0.3, 0.4) is 0 Å². The van der Waals surface area contributed by atoms with Gasteiger partial charge in [0.1, 0.15) is 11.6 Å². The fourth-order valence-corrected chi connectivity index (χ4v) is 2.36. The van der Waals surface area contributed by atoms with Crippen LogP contribution in [0.4, 0.5) is 14.5 Å². The van der Waals surface area contributed by atoms with Crippen LogP contribution in [-0.2, 0) is 5.75 Å². The van der Waals surface area contributed by atoms with Crippen LogP contribution in [-0.4, -0.2) is 0 Å². The molecule has 2 N–H and O–H groups in total. The summed E-state index contributed by atoms with van der Waals surface area (Å²) >= 11 is 1.39. The third-order valence-electron chi connectivity index (χ3n) is 2.31. The molecule has 4 heteroatoms. The largest absolute Gasteiger partial charge is 0.398 e. The molecule has 0 aliphatic carbocycles. The lowest BCUT2D eigenvalue weighted by Gasteiger charge is -2.06. The Morgan fingerprint density at radius 1 is 1.06 bits per heavy atom. The van der Waals surface area contributed by atoms with Gasteiger partial charge in [0.2, 0.25) is 0 Å². The number of halogens is 2. The maximum absolute atomic E-state index is 13.4. The molecule has 0 fully saturated rings. The van der Waals surface area contributed by atoms with Crippen LogP contribution in [0.5, 0.6) is 0 Å². The Morgan fingerprint density at radius 3 is 2.53 bits per heavy atom. The van der Waals surface area contributed by atoms with Crippen LogP contribution in [0.15, 0.2) is 47.4 Å². The highest BCUT2D eigenvalue weighted by Gasteiger charge is 2.05. The molecular weight excluding hydrogens is 240 g/mol. The molecule has 0 aromatic heterocycles. The summed E-state index contributed by atoms with van der Waals surface area (Å²) in [5, 5.41) is 0. The monoisotopic (exact) mass is 251 g/mol. The van der Waals surface area contributed by atoms with Crippen molar-refractivity contribution in [2.45, 2.75) is 10.6 Å². The maximum Gasteiger partial charge on any atom is 0.127 e. The molecule has 2 aromatic carbocycles. The van der Waals surface area contributed by atoms with Crippen molar-refractivity contribution in [2.24, 2.45) is 0 Å². The van der Waals surface area contributed by atoms with Crippen molar-refractivity contribution < 1.29 is 8.78 Å². The highest BCUT2D eigenvalue weighted by molar-refractivity contribution is 7.98. The summed E-state index contributed by atoms with van der Waals surface area (Å²) in [5.41, 5.74) is 6.66. The van der Waals surface area contributed by atoms with E-state index < -0.39 is 0 Å². The van der Waals surface area contributed by atoms with Crippen molar-refractivity contribution in [2.75, 3.05) is 5.73 Å². The van der Waals surface area contributed by atoms with E-state index in [0.717, 1.165) is 4.90 Å². The zero-order valence-corrected chi connectivity index (χ0v) is 9.81. The van der Waals surface area contributed by atoms with Gasteiger partial charge in [0.15, 0.2) is 0 Å². The lowest BCUT2D eigenvalue weighted by Crippen LogP contribution is -1.91. The van der Waals surface area contributed by atoms with Gasteiger partial charge in [-0.3, -0.25) is 0 Å². The van der Waals surface area contributed by atoms with Gasteiger partial charge in [-0.25, -0.2) is 8.78 Å². The van der Waals surface area contributed by atoms with E-state index >= 15 is 0 Å². The molecule has 0 unspecified atom stereocenters. The number of thioether (sulfide) groups is 1. The summed E-state index contributed by atoms with van der Waals surface area (Å²) in [6.45, 7) is 0. The first-order valence-corrected chi connectivity index (χ1v) is 6.06. The second kappa shape index (κ2) is 5.19. The Morgan fingerprint density at radius 2 is 1.82 bits per heavy atom. The Balaban J connectivity index is 2.10. The summed E-state index contributed by atoms with van der Waals surface area (Å²) in [5.74, 6) is -0.124. The first-order valence-electron chi connectivity index (χ1n) is 5.08. The van der Waals surface area contributed by atoms with E-state index in [1.165, 1.54) is 30.0 Å². The van der Waals surface area contributed by atoms with Crippen molar-refractivity contribution in [1.29, 1.82) is 0 Å². The minimum atomic E-state index is -0.363. The van der Waals surface area contributed by atoms with Gasteiger partial charge < -0.3 is 5.73 Å². The highest BCUT2D eigenvalue weighted by atomic mass is 32.2. The van der Waals surface area contributed by atoms with Crippen molar-refractivity contribution in [3.63, 3.8) is 0 Å². The molecule has 0 aliphatic heterocycles. The molecule has 0 spiro atoms. The quantitative estimate of drug-likeness (QED) is 0.662. The molecule has 0 saturated heterocycles. The SMILES string of the molecule is Nc1cc(F)ccc1SCc1ccccc1F. The van der Waals surface area contributed by atoms with Crippen LogP contribution in [0.2, 0.25) is 0 Å². The molecule has 1 nitrogen and oxygen atoms in total. The van der Waals surface area contributed by atoms with Gasteiger partial charge in [0, 0.05) is 16.3 Å². The van der Waals surface area contributed by atoms with E-state index in [1.54, 1.807) is 24.3 Å². The molecule has 0 aliphatic rings. The maximum atomic E-state index is 13.4. The molecule has 2 aromatic rings. The Kier molecular flexibility index (Phi) is 3.64. The highest BCUT2D eigenvalue weighted by Crippen LogP contribution is 2.29. The fraction of sp³-hybridized carbons (Fsp3) is 0.0769. The van der Waals surface area contributed by atoms with Crippen molar-refractivity contribution >= 4 is 17.4 Å². The van der Waals surface area contributed by atoms with Crippen molar-refractivity contribution in [1.82, 2.24) is 0 Å². The van der Waals surface area contributed by atoms with E-state index in [2.05, 4.69) is 0 Å². The number of hydrogen-bond donors (Lipinski definition) is 1. The molecule has 2 rings (SSSR count). The summed E-state index contributed by atoms with van der Waals surface area (Å²) in [4.78, 5) is 0.759. The molecule has 0 amide bonds. The van der Waals surface area contributed by atoms with E-state index in [0.29, 0.717) is 17.0 Å². The number of hydrogen-bond acceptors (Lipinski definition) is 2. The Labute approximate surface area is 103 Å². The van der Waals surface area contributed by atoms with Crippen LogP contribution in [0.1, 0.15) is 5.56 Å². The number of rotatable bonds is 3. The predicted octanol–water partition coefficient (Wildman–Crippen LogP) is 3.84. The molecular formula is C13H11F2NS. The molecule has 88 valence electrons. The second-order valence-corrected chi connectivity index (χ2v) is 4.58. The summed E-state index contributed by atoms with van der Waals surface area (Å²) in [6.07, 6.45) is 0. The zero-order valence-electron chi connectivity index (χ0n) is 8.99. The Hall–Kier alpha value is -1.55. The minimum absolute atomic E-state index is 0.235. The molecule has 17 heavy (non-hydrogen) atoms. The van der Waals surface area contributed by atoms with E-state index in [1.807, 2.05) is 0 Å². The summed E-state index contributed by atoms with van der Waals surface area (Å²) in [7, 11) is 0. The number of nitrogens with two attached hydrogens (primary N) is 1. The van der Waals surface area contributed by atoms with Gasteiger partial charge in [0.05, 0.1) is 0 Å². The van der Waals surface area contributed by atoms with Gasteiger partial charge in [-0.2, -0.15) is 0 Å². The van der Waals surface area contributed by atoms with Gasteiger partial charge in [-0.05, 0) is 29.8 Å². The fourth-order valence-electron chi connectivity index (χ4n) is 1.42. The average Bonchev–Trinajstić information content (AvgIpc) is 2.30. The van der Waals surface area contributed by atoms with Gasteiger partial charge in [-0.1, -0.05) is 18.2 Å². The topological polar surface area (TPSA) is 26.0 Å². The van der Waals surface area contributed by atoms with E-state index in [4.69, 9.17) is 5.73 Å². The number of nitrogen functional groups attached to an aromatic ring is 1. The molecule has 0 bridgehead atoms. The molecule has 0 radical (unpaired) electrons. The second-order valence-electron chi connectivity index (χ2n) is 3.56. The normalized spacial score (nSPS) is 10.5. The first-order chi connectivity index (χ1) is 8.16. The van der Waals surface area contributed by atoms with Crippen molar-refractivity contribution in [3.8, 4) is 0 Å². The van der Waals surface area contributed by atoms with Gasteiger partial charge >= 0.3 is 0 Å². The number of benzene rings is 2. The number of anilines is 1. The van der Waals surface area contributed by atoms with E-state index in [-0.39, 0.29) is 11.6 Å². The van der Waals surface area contributed by atoms with Crippen LogP contribution < -0.4 is 5.73 Å². The van der Waals surface area contributed by atoms with E-state index in [9.17, 15) is 8.78 Å². The van der Waals surface area contributed by atoms with Crippen LogP contribution in [0, 0.1) is 11.6 Å². The zero-order chi connectivity index (χ0) is 12.3. The molecule has 0 atom stereocenters. The third kappa shape index (κ3) is 2.97. The minimum Gasteiger partial charge on any atom is -0.398 e. The van der Waals surface area contributed by atoms with Crippen LogP contribution in [0.25, 0.3) is 0 Å². The van der Waals surface area contributed by atoms with Gasteiger partial charge in [0.25, 0.3) is 0 Å². The lowest BCUT2D eigenvalue weighted by molar-refractivity contribution is 0.617. The third-order valence-corrected chi connectivity index (χ3v) is 3.45. The average molecular weight is 251 g/mol. The lowest BCUT2D eigenvalue weighted by atomic mass is 10.2. The Bertz CT molecular complexity index is 529. The molecule has 0 saturated carbocycles. The van der Waals surface area contributed by atoms with Crippen LogP contribution >= 0.6 is 11.8 Å². The van der Waals surface area contributed by atoms with Crippen molar-refractivity contribution in [3.05, 3.63) is 59.7 Å². The molecule has 0 heterocycles. The predicted molar refractivity (Wildman–Crippen MR) is 66.8 cm³/mol. The van der Waals surface area contributed by atoms with Gasteiger partial charge in [-0.15, -0.1) is 11.8 Å². The standard InChI is InChI=1S/C13H11F2NS/c14-10-5-6-13(12(16)7-10)17-8-9-3-1-2-4-11(9)15/h1-7H,8,16H2. The smallest absolute Gasteiger partial charge is 0.127 e. The first kappa shape index (κ1) is 11.9. The summed E-state index contributed by atoms with van der Waals surface area (Å²) in [6, 6.07) is 10.8. The summed E-state index contributed by atoms with van der Waals surface area (Å²) < 4.78 is 26.2.